The molecule has 0 saturated carbocycles. The number of para-hydroxylation sites is 1. The van der Waals surface area contributed by atoms with Gasteiger partial charge in [-0.3, -0.25) is 14.4 Å². The van der Waals surface area contributed by atoms with E-state index < -0.39 is 29.4 Å². The molecule has 3 N–H and O–H groups in total. The maximum atomic E-state index is 13.6. The highest BCUT2D eigenvalue weighted by molar-refractivity contribution is 6.39. The Morgan fingerprint density at radius 3 is 2.37 bits per heavy atom. The van der Waals surface area contributed by atoms with Crippen molar-refractivity contribution in [2.45, 2.75) is 0 Å². The lowest BCUT2D eigenvalue weighted by Crippen LogP contribution is -2.32. The lowest BCUT2D eigenvalue weighted by atomic mass is 10.2. The average Bonchev–Trinajstić information content (AvgIpc) is 2.85. The van der Waals surface area contributed by atoms with E-state index in [4.69, 9.17) is 9.47 Å². The Labute approximate surface area is 198 Å². The van der Waals surface area contributed by atoms with Crippen molar-refractivity contribution < 1.29 is 32.6 Å². The second-order valence-corrected chi connectivity index (χ2v) is 6.89. The van der Waals surface area contributed by atoms with Crippen molar-refractivity contribution in [2.24, 2.45) is 5.10 Å². The van der Waals surface area contributed by atoms with Gasteiger partial charge in [0.2, 0.25) is 0 Å². The monoisotopic (exact) mass is 482 g/mol. The summed E-state index contributed by atoms with van der Waals surface area (Å²) in [7, 11) is 1.40. The second-order valence-electron chi connectivity index (χ2n) is 6.89. The van der Waals surface area contributed by atoms with Crippen LogP contribution in [-0.2, 0) is 14.4 Å². The summed E-state index contributed by atoms with van der Waals surface area (Å²) in [5, 5.41) is 8.40. The number of ether oxygens (including phenoxy) is 2. The van der Waals surface area contributed by atoms with Gasteiger partial charge in [-0.05, 0) is 60.2 Å². The number of benzene rings is 3. The summed E-state index contributed by atoms with van der Waals surface area (Å²) in [5.74, 6) is -3.19. The molecule has 3 aromatic rings. The van der Waals surface area contributed by atoms with E-state index in [1.54, 1.807) is 6.07 Å². The highest BCUT2D eigenvalue weighted by atomic mass is 19.1. The fourth-order valence-electron chi connectivity index (χ4n) is 2.72. The van der Waals surface area contributed by atoms with Gasteiger partial charge < -0.3 is 20.1 Å². The minimum Gasteiger partial charge on any atom is -0.493 e. The van der Waals surface area contributed by atoms with Crippen LogP contribution in [0.2, 0.25) is 0 Å². The lowest BCUT2D eigenvalue weighted by Gasteiger charge is -2.11. The topological polar surface area (TPSA) is 118 Å². The van der Waals surface area contributed by atoms with Crippen LogP contribution in [0.3, 0.4) is 0 Å². The van der Waals surface area contributed by atoms with Crippen LogP contribution in [-0.4, -0.2) is 37.7 Å². The van der Waals surface area contributed by atoms with Gasteiger partial charge in [0.25, 0.3) is 5.91 Å². The molecule has 3 aromatic carbocycles. The molecule has 0 atom stereocenters. The molecule has 180 valence electrons. The van der Waals surface area contributed by atoms with Crippen LogP contribution < -0.4 is 25.5 Å². The van der Waals surface area contributed by atoms with Crippen LogP contribution in [0.5, 0.6) is 11.5 Å². The zero-order chi connectivity index (χ0) is 25.2. The highest BCUT2D eigenvalue weighted by Gasteiger charge is 2.15. The number of rotatable bonds is 8. The van der Waals surface area contributed by atoms with E-state index in [1.807, 2.05) is 5.43 Å². The molecular weight excluding hydrogens is 462 g/mol. The number of hydrazone groups is 1. The number of carbonyl (C=O) groups excluding carboxylic acids is 3. The van der Waals surface area contributed by atoms with Gasteiger partial charge in [0, 0.05) is 5.69 Å². The number of amides is 3. The first-order chi connectivity index (χ1) is 16.9. The molecule has 0 aliphatic heterocycles. The fourth-order valence-corrected chi connectivity index (χ4v) is 2.72. The van der Waals surface area contributed by atoms with Crippen molar-refractivity contribution in [1.29, 1.82) is 0 Å². The molecule has 0 unspecified atom stereocenters. The zero-order valence-electron chi connectivity index (χ0n) is 18.4. The summed E-state index contributed by atoms with van der Waals surface area (Å²) in [6.45, 7) is -0.325. The molecule has 0 aromatic heterocycles. The summed E-state index contributed by atoms with van der Waals surface area (Å²) in [5.41, 5.74) is 2.81. The Morgan fingerprint density at radius 2 is 1.66 bits per heavy atom. The van der Waals surface area contributed by atoms with E-state index in [-0.39, 0.29) is 23.8 Å². The van der Waals surface area contributed by atoms with Crippen molar-refractivity contribution >= 4 is 35.3 Å². The second kappa shape index (κ2) is 11.9. The molecule has 0 fully saturated rings. The van der Waals surface area contributed by atoms with E-state index in [1.165, 1.54) is 67.9 Å². The molecule has 0 aliphatic rings. The molecule has 0 saturated heterocycles. The van der Waals surface area contributed by atoms with E-state index in [0.29, 0.717) is 11.3 Å². The number of hydrogen-bond acceptors (Lipinski definition) is 6. The molecule has 0 aliphatic carbocycles. The quantitative estimate of drug-likeness (QED) is 0.259. The number of anilines is 2. The minimum atomic E-state index is -1.09. The summed E-state index contributed by atoms with van der Waals surface area (Å²) in [6, 6.07) is 15.3. The Morgan fingerprint density at radius 1 is 0.914 bits per heavy atom. The predicted molar refractivity (Wildman–Crippen MR) is 124 cm³/mol. The van der Waals surface area contributed by atoms with Gasteiger partial charge in [-0.1, -0.05) is 12.1 Å². The number of halogens is 2. The van der Waals surface area contributed by atoms with Gasteiger partial charge in [-0.2, -0.15) is 5.10 Å². The molecule has 0 radical (unpaired) electrons. The third-order valence-electron chi connectivity index (χ3n) is 4.38. The maximum absolute atomic E-state index is 13.6. The smallest absolute Gasteiger partial charge is 0.329 e. The van der Waals surface area contributed by atoms with Gasteiger partial charge in [-0.25, -0.2) is 14.2 Å². The molecule has 3 amide bonds. The van der Waals surface area contributed by atoms with Crippen LogP contribution in [0.15, 0.2) is 71.8 Å². The van der Waals surface area contributed by atoms with Gasteiger partial charge in [0.05, 0.1) is 19.0 Å². The molecule has 35 heavy (non-hydrogen) atoms. The van der Waals surface area contributed by atoms with E-state index >= 15 is 0 Å². The van der Waals surface area contributed by atoms with Crippen molar-refractivity contribution in [3.63, 3.8) is 0 Å². The first-order valence-electron chi connectivity index (χ1n) is 10.1. The number of methoxy groups -OCH3 is 1. The zero-order valence-corrected chi connectivity index (χ0v) is 18.4. The Balaban J connectivity index is 1.52. The predicted octanol–water partition coefficient (Wildman–Crippen LogP) is 3.08. The molecular formula is C24H20F2N4O5. The molecule has 0 heterocycles. The Hall–Kier alpha value is -4.80. The maximum Gasteiger partial charge on any atom is 0.329 e. The molecule has 3 rings (SSSR count). The van der Waals surface area contributed by atoms with Crippen LogP contribution in [0.25, 0.3) is 0 Å². The third-order valence-corrected chi connectivity index (χ3v) is 4.38. The SMILES string of the molecule is COc1cc(/C=N\NC(=O)C(=O)Nc2ccccc2F)ccc1OCC(=O)Nc1ccc(F)cc1. The number of nitrogens with one attached hydrogen (secondary N) is 3. The van der Waals surface area contributed by atoms with Crippen LogP contribution >= 0.6 is 0 Å². The number of carbonyl (C=O) groups is 3. The first kappa shape index (κ1) is 24.8. The van der Waals surface area contributed by atoms with Gasteiger partial charge in [0.15, 0.2) is 18.1 Å². The van der Waals surface area contributed by atoms with Crippen molar-refractivity contribution in [1.82, 2.24) is 5.43 Å². The summed E-state index contributed by atoms with van der Waals surface area (Å²) < 4.78 is 37.2. The minimum absolute atomic E-state index is 0.136. The van der Waals surface area contributed by atoms with Gasteiger partial charge in [0.1, 0.15) is 11.6 Å². The fraction of sp³-hybridized carbons (Fsp3) is 0.0833. The summed E-state index contributed by atoms with van der Waals surface area (Å²) in [4.78, 5) is 35.8. The largest absolute Gasteiger partial charge is 0.493 e. The molecule has 0 bridgehead atoms. The van der Waals surface area contributed by atoms with Gasteiger partial charge >= 0.3 is 11.8 Å². The summed E-state index contributed by atoms with van der Waals surface area (Å²) in [6.07, 6.45) is 1.25. The third kappa shape index (κ3) is 7.35. The van der Waals surface area contributed by atoms with Crippen LogP contribution in [0.1, 0.15) is 5.56 Å². The van der Waals surface area contributed by atoms with E-state index in [9.17, 15) is 23.2 Å². The average molecular weight is 482 g/mol. The molecule has 0 spiro atoms. The molecule has 11 heteroatoms. The molecule has 9 nitrogen and oxygen atoms in total. The standard InChI is InChI=1S/C24H20F2N4O5/c1-34-21-12-15(13-27-30-24(33)23(32)29-19-5-3-2-4-18(19)26)6-11-20(21)35-14-22(31)28-17-9-7-16(25)8-10-17/h2-13H,14H2,1H3,(H,28,31)(H,29,32)(H,30,33)/b27-13-. The number of nitrogens with zero attached hydrogens (tertiary/aromatic N) is 1. The van der Waals surface area contributed by atoms with Crippen LogP contribution in [0, 0.1) is 11.6 Å². The Bertz CT molecular complexity index is 1250. The lowest BCUT2D eigenvalue weighted by molar-refractivity contribution is -0.136. The van der Waals surface area contributed by atoms with E-state index in [2.05, 4.69) is 15.7 Å². The normalized spacial score (nSPS) is 10.5. The first-order valence-corrected chi connectivity index (χ1v) is 10.1. The number of hydrogen-bond donors (Lipinski definition) is 3. The van der Waals surface area contributed by atoms with E-state index in [0.717, 1.165) is 6.07 Å². The van der Waals surface area contributed by atoms with Crippen molar-refractivity contribution in [2.75, 3.05) is 24.4 Å². The van der Waals surface area contributed by atoms with Crippen molar-refractivity contribution in [3.05, 3.63) is 83.9 Å². The van der Waals surface area contributed by atoms with Crippen LogP contribution in [0.4, 0.5) is 20.2 Å². The van der Waals surface area contributed by atoms with Crippen molar-refractivity contribution in [3.8, 4) is 11.5 Å². The highest BCUT2D eigenvalue weighted by Crippen LogP contribution is 2.27. The van der Waals surface area contributed by atoms with Gasteiger partial charge in [-0.15, -0.1) is 0 Å². The summed E-state index contributed by atoms with van der Waals surface area (Å²) >= 11 is 0. The Kier molecular flexibility index (Phi) is 8.43.